The molecule has 6 nitrogen and oxygen atoms in total. The van der Waals surface area contributed by atoms with Gasteiger partial charge in [-0.15, -0.1) is 6.58 Å². The van der Waals surface area contributed by atoms with Crippen molar-refractivity contribution in [1.29, 1.82) is 0 Å². The average Bonchev–Trinajstić information content (AvgIpc) is 2.97. The molecule has 1 aliphatic rings. The Balaban J connectivity index is 2.01. The normalized spacial score (nSPS) is 16.7. The van der Waals surface area contributed by atoms with Gasteiger partial charge in [0.15, 0.2) is 11.0 Å². The van der Waals surface area contributed by atoms with Gasteiger partial charge in [-0.3, -0.25) is 9.69 Å². The lowest BCUT2D eigenvalue weighted by molar-refractivity contribution is -0.121. The van der Waals surface area contributed by atoms with E-state index in [-0.39, 0.29) is 5.91 Å². The molecule has 2 heterocycles. The second-order valence-electron chi connectivity index (χ2n) is 5.95. The van der Waals surface area contributed by atoms with Gasteiger partial charge < -0.3 is 9.47 Å². The van der Waals surface area contributed by atoms with E-state index in [0.717, 1.165) is 11.3 Å². The quantitative estimate of drug-likeness (QED) is 0.542. The van der Waals surface area contributed by atoms with Crippen molar-refractivity contribution in [2.75, 3.05) is 20.8 Å². The van der Waals surface area contributed by atoms with Crippen molar-refractivity contribution in [3.63, 3.8) is 0 Å². The predicted molar refractivity (Wildman–Crippen MR) is 113 cm³/mol. The smallest absolute Gasteiger partial charge is 0.267 e. The van der Waals surface area contributed by atoms with Crippen molar-refractivity contribution < 1.29 is 14.3 Å². The summed E-state index contributed by atoms with van der Waals surface area (Å²) >= 11 is 1.30. The number of thioether (sulfide) groups is 1. The summed E-state index contributed by atoms with van der Waals surface area (Å²) in [5.41, 5.74) is 1.62. The Morgan fingerprint density at radius 3 is 2.75 bits per heavy atom. The monoisotopic (exact) mass is 395 g/mol. The van der Waals surface area contributed by atoms with Crippen LogP contribution in [-0.4, -0.2) is 41.7 Å². The molecule has 0 saturated carbocycles. The van der Waals surface area contributed by atoms with Crippen LogP contribution in [0, 0.1) is 6.92 Å². The van der Waals surface area contributed by atoms with Crippen LogP contribution in [0.5, 0.6) is 11.5 Å². The minimum Gasteiger partial charge on any atom is -0.497 e. The van der Waals surface area contributed by atoms with Gasteiger partial charge in [0, 0.05) is 17.8 Å². The number of amides is 1. The van der Waals surface area contributed by atoms with Gasteiger partial charge in [-0.2, -0.15) is 0 Å². The number of hydrogen-bond acceptors (Lipinski definition) is 6. The highest BCUT2D eigenvalue weighted by molar-refractivity contribution is 8.18. The van der Waals surface area contributed by atoms with Gasteiger partial charge in [-0.25, -0.2) is 9.98 Å². The number of amidine groups is 1. The number of hydrogen-bond donors (Lipinski definition) is 0. The molecule has 0 atom stereocenters. The molecular weight excluding hydrogens is 374 g/mol. The number of aryl methyl sites for hydroxylation is 1. The van der Waals surface area contributed by atoms with Gasteiger partial charge in [0.1, 0.15) is 11.5 Å². The third-order valence-corrected chi connectivity index (χ3v) is 5.01. The van der Waals surface area contributed by atoms with E-state index in [9.17, 15) is 4.79 Å². The number of carbonyl (C=O) groups excluding carboxylic acids is 1. The van der Waals surface area contributed by atoms with E-state index in [1.807, 2.05) is 43.3 Å². The topological polar surface area (TPSA) is 64.0 Å². The van der Waals surface area contributed by atoms with Crippen LogP contribution in [0.2, 0.25) is 0 Å². The molecule has 144 valence electrons. The van der Waals surface area contributed by atoms with E-state index in [1.165, 1.54) is 11.8 Å². The second kappa shape index (κ2) is 8.75. The van der Waals surface area contributed by atoms with Crippen LogP contribution >= 0.6 is 11.8 Å². The lowest BCUT2D eigenvalue weighted by Crippen LogP contribution is -2.29. The summed E-state index contributed by atoms with van der Waals surface area (Å²) in [5, 5.41) is 0.566. The van der Waals surface area contributed by atoms with Crippen LogP contribution in [0.1, 0.15) is 11.3 Å². The molecule has 0 radical (unpaired) electrons. The molecule has 0 spiro atoms. The number of carbonyl (C=O) groups is 1. The summed E-state index contributed by atoms with van der Waals surface area (Å²) in [4.78, 5) is 24.0. The highest BCUT2D eigenvalue weighted by Crippen LogP contribution is 2.36. The first-order chi connectivity index (χ1) is 13.5. The number of ether oxygens (including phenoxy) is 2. The average molecular weight is 395 g/mol. The molecule has 2 aromatic rings. The largest absolute Gasteiger partial charge is 0.497 e. The summed E-state index contributed by atoms with van der Waals surface area (Å²) in [6.45, 7) is 6.01. The Bertz CT molecular complexity index is 969. The fourth-order valence-corrected chi connectivity index (χ4v) is 3.65. The number of aromatic nitrogens is 1. The number of methoxy groups -OCH3 is 2. The third-order valence-electron chi connectivity index (χ3n) is 4.01. The second-order valence-corrected chi connectivity index (χ2v) is 6.96. The van der Waals surface area contributed by atoms with Crippen molar-refractivity contribution in [1.82, 2.24) is 9.88 Å². The van der Waals surface area contributed by atoms with Gasteiger partial charge in [-0.05, 0) is 55.1 Å². The lowest BCUT2D eigenvalue weighted by Gasteiger charge is -2.12. The van der Waals surface area contributed by atoms with Crippen LogP contribution in [0.3, 0.4) is 0 Å². The van der Waals surface area contributed by atoms with Gasteiger partial charge in [-0.1, -0.05) is 12.1 Å². The van der Waals surface area contributed by atoms with Gasteiger partial charge in [0.05, 0.1) is 19.1 Å². The maximum absolute atomic E-state index is 12.9. The molecule has 1 saturated heterocycles. The Labute approximate surface area is 168 Å². The zero-order chi connectivity index (χ0) is 20.1. The van der Waals surface area contributed by atoms with Crippen LogP contribution in [-0.2, 0) is 4.79 Å². The van der Waals surface area contributed by atoms with Gasteiger partial charge in [0.25, 0.3) is 5.91 Å². The van der Waals surface area contributed by atoms with Crippen molar-refractivity contribution in [3.05, 3.63) is 65.2 Å². The standard InChI is InChI=1S/C21H21N3O3S/c1-5-11-24-20(25)18(13-15-12-16(26-3)9-10-17(15)27-4)28-21(24)23-19-8-6-7-14(2)22-19/h5-10,12-13H,1,11H2,2-4H3/b18-13-,23-21+. The number of aliphatic imine (C=N–C) groups is 1. The first-order valence-electron chi connectivity index (χ1n) is 8.62. The Hall–Kier alpha value is -3.06. The molecule has 3 rings (SSSR count). The Kier molecular flexibility index (Phi) is 6.16. The molecule has 0 aliphatic carbocycles. The molecule has 0 bridgehead atoms. The molecular formula is C21H21N3O3S. The molecule has 0 N–H and O–H groups in total. The Morgan fingerprint density at radius 2 is 2.07 bits per heavy atom. The molecule has 0 unspecified atom stereocenters. The van der Waals surface area contributed by atoms with E-state index >= 15 is 0 Å². The highest BCUT2D eigenvalue weighted by atomic mass is 32.2. The zero-order valence-electron chi connectivity index (χ0n) is 16.0. The summed E-state index contributed by atoms with van der Waals surface area (Å²) in [6.07, 6.45) is 3.46. The highest BCUT2D eigenvalue weighted by Gasteiger charge is 2.33. The molecule has 1 fully saturated rings. The van der Waals surface area contributed by atoms with Crippen molar-refractivity contribution in [2.24, 2.45) is 4.99 Å². The summed E-state index contributed by atoms with van der Waals surface area (Å²) in [7, 11) is 3.19. The Morgan fingerprint density at radius 1 is 1.25 bits per heavy atom. The first-order valence-corrected chi connectivity index (χ1v) is 9.44. The molecule has 28 heavy (non-hydrogen) atoms. The fourth-order valence-electron chi connectivity index (χ4n) is 2.66. The number of nitrogens with zero attached hydrogens (tertiary/aromatic N) is 3. The van der Waals surface area contributed by atoms with Crippen LogP contribution in [0.25, 0.3) is 6.08 Å². The number of pyridine rings is 1. The summed E-state index contributed by atoms with van der Waals surface area (Å²) < 4.78 is 10.7. The number of benzene rings is 1. The van der Waals surface area contributed by atoms with E-state index in [4.69, 9.17) is 9.47 Å². The molecule has 1 amide bonds. The van der Waals surface area contributed by atoms with Gasteiger partial charge >= 0.3 is 0 Å². The zero-order valence-corrected chi connectivity index (χ0v) is 16.8. The van der Waals surface area contributed by atoms with Crippen molar-refractivity contribution >= 4 is 34.7 Å². The van der Waals surface area contributed by atoms with Crippen molar-refractivity contribution in [3.8, 4) is 11.5 Å². The summed E-state index contributed by atoms with van der Waals surface area (Å²) in [6, 6.07) is 11.0. The fraction of sp³-hybridized carbons (Fsp3) is 0.190. The minimum absolute atomic E-state index is 0.138. The van der Waals surface area contributed by atoms with Crippen LogP contribution < -0.4 is 9.47 Å². The molecule has 7 heteroatoms. The van der Waals surface area contributed by atoms with E-state index in [2.05, 4.69) is 16.6 Å². The van der Waals surface area contributed by atoms with Crippen LogP contribution in [0.4, 0.5) is 5.82 Å². The SMILES string of the molecule is C=CCN1C(=O)/C(=C/c2cc(OC)ccc2OC)S/C1=N/c1cccc(C)n1. The molecule has 1 aromatic heterocycles. The summed E-state index contributed by atoms with van der Waals surface area (Å²) in [5.74, 6) is 1.76. The maximum atomic E-state index is 12.9. The third kappa shape index (κ3) is 4.26. The predicted octanol–water partition coefficient (Wildman–Crippen LogP) is 4.20. The maximum Gasteiger partial charge on any atom is 0.267 e. The van der Waals surface area contributed by atoms with Crippen LogP contribution in [0.15, 0.2) is 59.0 Å². The van der Waals surface area contributed by atoms with E-state index in [1.54, 1.807) is 31.3 Å². The van der Waals surface area contributed by atoms with Crippen molar-refractivity contribution in [2.45, 2.75) is 6.92 Å². The first kappa shape index (κ1) is 19.7. The molecule has 1 aliphatic heterocycles. The van der Waals surface area contributed by atoms with Gasteiger partial charge in [0.2, 0.25) is 0 Å². The lowest BCUT2D eigenvalue weighted by atomic mass is 10.1. The minimum atomic E-state index is -0.138. The van der Waals surface area contributed by atoms with E-state index in [0.29, 0.717) is 33.9 Å². The van der Waals surface area contributed by atoms with E-state index < -0.39 is 0 Å². The number of rotatable bonds is 6. The molecule has 1 aromatic carbocycles.